The number of benzene rings is 2. The number of nitrogen functional groups attached to an aromatic ring is 4. The molecule has 0 unspecified atom stereocenters. The van der Waals surface area contributed by atoms with Crippen molar-refractivity contribution in [2.24, 2.45) is 0 Å². The third-order valence-electron chi connectivity index (χ3n) is 12.7. The van der Waals surface area contributed by atoms with Crippen LogP contribution in [-0.4, -0.2) is 125 Å². The van der Waals surface area contributed by atoms with Gasteiger partial charge in [-0.05, 0) is 74.2 Å². The minimum absolute atomic E-state index is 0.00556. The number of aliphatic carboxylic acids is 2. The molecule has 0 aliphatic rings. The van der Waals surface area contributed by atoms with Crippen LogP contribution in [0.3, 0.4) is 0 Å². The molecule has 26 heteroatoms. The highest BCUT2D eigenvalue weighted by atomic mass is 16.4. The van der Waals surface area contributed by atoms with E-state index in [0.29, 0.717) is 48.6 Å². The predicted octanol–water partition coefficient (Wildman–Crippen LogP) is 3.51. The Bertz CT molecular complexity index is 2840. The molecule has 4 aromatic heterocycles. The first-order chi connectivity index (χ1) is 37.4. The Morgan fingerprint density at radius 2 is 0.846 bits per heavy atom. The number of amides is 4. The van der Waals surface area contributed by atoms with Gasteiger partial charge in [0.05, 0.1) is 36.9 Å². The van der Waals surface area contributed by atoms with Crippen LogP contribution in [0.1, 0.15) is 122 Å². The summed E-state index contributed by atoms with van der Waals surface area (Å²) < 4.78 is 0. The largest absolute Gasteiger partial charge is 0.480 e. The van der Waals surface area contributed by atoms with Crippen molar-refractivity contribution < 1.29 is 39.0 Å². The van der Waals surface area contributed by atoms with E-state index >= 15 is 0 Å². The molecule has 414 valence electrons. The summed E-state index contributed by atoms with van der Waals surface area (Å²) in [6.45, 7) is 1.67. The lowest BCUT2D eigenvalue weighted by atomic mass is 10.1. The summed E-state index contributed by atoms with van der Waals surface area (Å²) in [5, 5.41) is 30.3. The number of nitrogens with one attached hydrogen (secondary N) is 4. The third-order valence-corrected chi connectivity index (χ3v) is 12.7. The van der Waals surface area contributed by atoms with Crippen LogP contribution in [0.15, 0.2) is 60.9 Å². The number of rotatable bonds is 31. The van der Waals surface area contributed by atoms with Crippen molar-refractivity contribution in [1.29, 1.82) is 0 Å². The summed E-state index contributed by atoms with van der Waals surface area (Å²) in [5.41, 5.74) is 27.7. The zero-order chi connectivity index (χ0) is 56.1. The van der Waals surface area contributed by atoms with Gasteiger partial charge in [-0.1, -0.05) is 51.4 Å². The first kappa shape index (κ1) is 58.2. The Labute approximate surface area is 450 Å². The van der Waals surface area contributed by atoms with Crippen LogP contribution < -0.4 is 54.0 Å². The number of anilines is 6. The number of hydrogen-bond donors (Lipinski definition) is 10. The average Bonchev–Trinajstić information content (AvgIpc) is 3.44. The van der Waals surface area contributed by atoms with Gasteiger partial charge in [0, 0.05) is 62.5 Å². The van der Waals surface area contributed by atoms with Crippen molar-refractivity contribution in [1.82, 2.24) is 61.1 Å². The van der Waals surface area contributed by atoms with Crippen molar-refractivity contribution in [2.45, 2.75) is 115 Å². The minimum atomic E-state index is -1.25. The number of nitrogens with zero attached hydrogens (tertiary/aromatic N) is 10. The van der Waals surface area contributed by atoms with E-state index in [1.807, 2.05) is 23.9 Å². The average molecular weight is 1070 g/mol. The monoisotopic (exact) mass is 1070 g/mol. The quantitative estimate of drug-likeness (QED) is 0.0278. The zero-order valence-corrected chi connectivity index (χ0v) is 43.8. The summed E-state index contributed by atoms with van der Waals surface area (Å²) in [7, 11) is 3.67. The SMILES string of the molecule is CN(Cc1cnc2nc(N)nc(N)c2n1)c1ccc(C(=O)N[C@@H](CCC(=O)NCCCCCCCCCCCCNC(=O)CC[C@H](NC(=O)c2ccc(N(C)Cc3cnc4nc(N)nc(N)c4n3)cc2)C(=O)O)C(=O)O)cc1. The van der Waals surface area contributed by atoms with Gasteiger partial charge < -0.3 is 64.2 Å². The first-order valence-corrected chi connectivity index (χ1v) is 25.8. The van der Waals surface area contributed by atoms with Crippen molar-refractivity contribution in [3.8, 4) is 0 Å². The fourth-order valence-electron chi connectivity index (χ4n) is 8.37. The van der Waals surface area contributed by atoms with Crippen LogP contribution >= 0.6 is 0 Å². The number of carbonyl (C=O) groups excluding carboxylic acids is 4. The number of hydrogen-bond acceptors (Lipinski definition) is 20. The third kappa shape index (κ3) is 17.8. The number of nitrogens with two attached hydrogens (primary N) is 4. The fourth-order valence-corrected chi connectivity index (χ4v) is 8.37. The lowest BCUT2D eigenvalue weighted by molar-refractivity contribution is -0.140. The van der Waals surface area contributed by atoms with Gasteiger partial charge >= 0.3 is 11.9 Å². The van der Waals surface area contributed by atoms with E-state index in [0.717, 1.165) is 75.6 Å². The molecule has 6 aromatic rings. The van der Waals surface area contributed by atoms with Gasteiger partial charge in [0.25, 0.3) is 11.8 Å². The van der Waals surface area contributed by atoms with E-state index in [1.54, 1.807) is 60.9 Å². The highest BCUT2D eigenvalue weighted by Gasteiger charge is 2.24. The molecule has 0 bridgehead atoms. The smallest absolute Gasteiger partial charge is 0.326 e. The molecule has 0 saturated carbocycles. The maximum absolute atomic E-state index is 13.0. The lowest BCUT2D eigenvalue weighted by Gasteiger charge is -2.19. The summed E-state index contributed by atoms with van der Waals surface area (Å²) in [6, 6.07) is 10.7. The molecule has 6 rings (SSSR count). The standard InChI is InChI=1S/C52H68N18O8/c1-69(29-33-27-59-45-41(61-33)43(53)65-51(55)67-45)35-17-13-31(14-18-35)47(73)63-37(49(75)76)21-23-39(71)57-25-11-9-7-5-3-4-6-8-10-12-26-58-40(72)24-22-38(50(77)78)64-48(74)32-15-19-36(20-16-32)70(2)30-34-28-60-46-42(62-34)44(54)66-52(56)68-46/h13-20,27-28,37-38H,3-12,21-26,29-30H2,1-2H3,(H,57,71)(H,58,72)(H,63,73)(H,64,74)(H,75,76)(H,77,78)(H4,53,55,59,65,67)(H4,54,56,60,66,68)/t37-,38-/m0/s1. The molecule has 2 aromatic carbocycles. The summed E-state index contributed by atoms with van der Waals surface area (Å²) >= 11 is 0. The van der Waals surface area contributed by atoms with Gasteiger partial charge in [-0.3, -0.25) is 19.2 Å². The van der Waals surface area contributed by atoms with Gasteiger partial charge in [0.2, 0.25) is 23.7 Å². The Morgan fingerprint density at radius 1 is 0.500 bits per heavy atom. The van der Waals surface area contributed by atoms with Gasteiger partial charge in [0.15, 0.2) is 34.0 Å². The van der Waals surface area contributed by atoms with Crippen molar-refractivity contribution in [2.75, 3.05) is 59.9 Å². The van der Waals surface area contributed by atoms with Gasteiger partial charge in [-0.25, -0.2) is 29.5 Å². The Morgan fingerprint density at radius 3 is 1.19 bits per heavy atom. The van der Waals surface area contributed by atoms with Crippen LogP contribution in [0.2, 0.25) is 0 Å². The van der Waals surface area contributed by atoms with Crippen LogP contribution in [0.25, 0.3) is 22.3 Å². The van der Waals surface area contributed by atoms with Crippen molar-refractivity contribution >= 4 is 92.8 Å². The van der Waals surface area contributed by atoms with E-state index in [1.165, 1.54) is 0 Å². The number of carboxylic acid groups (broad SMARTS) is 2. The predicted molar refractivity (Wildman–Crippen MR) is 293 cm³/mol. The highest BCUT2D eigenvalue weighted by Crippen LogP contribution is 2.21. The number of fused-ring (bicyclic) bond motifs is 2. The molecule has 4 heterocycles. The molecule has 4 amide bonds. The Balaban J connectivity index is 0.750. The van der Waals surface area contributed by atoms with Crippen LogP contribution in [-0.2, 0) is 32.3 Å². The second-order valence-electron chi connectivity index (χ2n) is 18.8. The molecule has 0 aliphatic carbocycles. The highest BCUT2D eigenvalue weighted by molar-refractivity contribution is 5.98. The number of carbonyl (C=O) groups is 6. The van der Waals surface area contributed by atoms with Crippen molar-refractivity contribution in [3.05, 3.63) is 83.4 Å². The zero-order valence-electron chi connectivity index (χ0n) is 43.8. The number of aromatic nitrogens is 8. The summed E-state index contributed by atoms with van der Waals surface area (Å²) in [5.74, 6) is -3.91. The fraction of sp³-hybridized carbons (Fsp3) is 0.423. The lowest BCUT2D eigenvalue weighted by Crippen LogP contribution is -2.41. The normalized spacial score (nSPS) is 11.9. The van der Waals surface area contributed by atoms with Crippen LogP contribution in [0.5, 0.6) is 0 Å². The molecule has 0 fully saturated rings. The second-order valence-corrected chi connectivity index (χ2v) is 18.8. The molecule has 0 aliphatic heterocycles. The van der Waals surface area contributed by atoms with E-state index in [2.05, 4.69) is 61.1 Å². The first-order valence-electron chi connectivity index (χ1n) is 25.8. The van der Waals surface area contributed by atoms with Crippen molar-refractivity contribution in [3.63, 3.8) is 0 Å². The van der Waals surface area contributed by atoms with E-state index in [4.69, 9.17) is 22.9 Å². The molecule has 26 nitrogen and oxygen atoms in total. The Kier molecular flexibility index (Phi) is 21.4. The molecule has 0 radical (unpaired) electrons. The van der Waals surface area contributed by atoms with Gasteiger partial charge in [-0.2, -0.15) is 19.9 Å². The van der Waals surface area contributed by atoms with Crippen LogP contribution in [0, 0.1) is 0 Å². The van der Waals surface area contributed by atoms with E-state index in [9.17, 15) is 39.0 Å². The molecule has 78 heavy (non-hydrogen) atoms. The van der Waals surface area contributed by atoms with E-state index in [-0.39, 0.29) is 83.5 Å². The van der Waals surface area contributed by atoms with Crippen LogP contribution in [0.4, 0.5) is 34.9 Å². The molecule has 0 saturated heterocycles. The molecular formula is C52H68N18O8. The molecule has 14 N–H and O–H groups in total. The minimum Gasteiger partial charge on any atom is -0.480 e. The summed E-state index contributed by atoms with van der Waals surface area (Å²) in [4.78, 5) is 112. The van der Waals surface area contributed by atoms with E-state index < -0.39 is 35.8 Å². The van der Waals surface area contributed by atoms with Gasteiger partial charge in [0.1, 0.15) is 12.1 Å². The van der Waals surface area contributed by atoms with Gasteiger partial charge in [-0.15, -0.1) is 0 Å². The topological polar surface area (TPSA) is 405 Å². The molecule has 0 spiro atoms. The molecular weight excluding hydrogens is 1000 g/mol. The maximum Gasteiger partial charge on any atom is 0.326 e. The Hall–Kier alpha value is -9.10. The number of unbranched alkanes of at least 4 members (excludes halogenated alkanes) is 9. The maximum atomic E-state index is 13.0. The second kappa shape index (κ2) is 28.7. The number of carboxylic acids is 2. The summed E-state index contributed by atoms with van der Waals surface area (Å²) in [6.07, 6.45) is 12.8. The molecule has 2 atom stereocenters.